The van der Waals surface area contributed by atoms with E-state index in [9.17, 15) is 13.9 Å². The molecule has 0 spiro atoms. The van der Waals surface area contributed by atoms with Gasteiger partial charge in [0.2, 0.25) is 0 Å². The van der Waals surface area contributed by atoms with Crippen molar-refractivity contribution in [3.05, 3.63) is 70.2 Å². The Morgan fingerprint density at radius 1 is 1.00 bits per heavy atom. The highest BCUT2D eigenvalue weighted by Crippen LogP contribution is 2.18. The number of hydrogen-bond acceptors (Lipinski definition) is 1. The van der Waals surface area contributed by atoms with Gasteiger partial charge in [0.25, 0.3) is 0 Å². The fraction of sp³-hybridized carbons (Fsp3) is 0.200. The van der Waals surface area contributed by atoms with Crippen molar-refractivity contribution >= 4 is 11.6 Å². The molecule has 0 amide bonds. The fourth-order valence-corrected chi connectivity index (χ4v) is 2.05. The lowest BCUT2D eigenvalue weighted by atomic mass is 10.0. The second-order valence-electron chi connectivity index (χ2n) is 4.40. The minimum atomic E-state index is -0.766. The maximum atomic E-state index is 13.4. The minimum Gasteiger partial charge on any atom is -0.392 e. The molecular weight excluding hydrogens is 270 g/mol. The van der Waals surface area contributed by atoms with Crippen LogP contribution in [-0.2, 0) is 12.8 Å². The highest BCUT2D eigenvalue weighted by Gasteiger charge is 2.11. The molecule has 4 heteroatoms. The Labute approximate surface area is 115 Å². The maximum absolute atomic E-state index is 13.4. The molecule has 1 unspecified atom stereocenters. The summed E-state index contributed by atoms with van der Waals surface area (Å²) in [6.45, 7) is 0. The van der Waals surface area contributed by atoms with E-state index in [0.717, 1.165) is 0 Å². The van der Waals surface area contributed by atoms with Crippen LogP contribution in [0.2, 0.25) is 5.02 Å². The zero-order chi connectivity index (χ0) is 13.8. The molecule has 0 saturated heterocycles. The number of aliphatic hydroxyl groups is 1. The van der Waals surface area contributed by atoms with E-state index < -0.39 is 11.9 Å². The van der Waals surface area contributed by atoms with E-state index in [-0.39, 0.29) is 23.7 Å². The molecule has 0 aliphatic rings. The van der Waals surface area contributed by atoms with E-state index in [2.05, 4.69) is 0 Å². The lowest BCUT2D eigenvalue weighted by Crippen LogP contribution is -2.15. The molecule has 0 saturated carbocycles. The lowest BCUT2D eigenvalue weighted by molar-refractivity contribution is 0.174. The second-order valence-corrected chi connectivity index (χ2v) is 4.81. The molecule has 1 nitrogen and oxygen atoms in total. The number of aliphatic hydroxyl groups excluding tert-OH is 1. The zero-order valence-corrected chi connectivity index (χ0v) is 10.9. The Morgan fingerprint density at radius 3 is 2.42 bits per heavy atom. The normalized spacial score (nSPS) is 12.4. The Hall–Kier alpha value is -1.45. The van der Waals surface area contributed by atoms with Crippen LogP contribution in [0.4, 0.5) is 8.78 Å². The Morgan fingerprint density at radius 2 is 1.74 bits per heavy atom. The fourth-order valence-electron chi connectivity index (χ4n) is 1.93. The summed E-state index contributed by atoms with van der Waals surface area (Å²) in [4.78, 5) is 0. The van der Waals surface area contributed by atoms with E-state index in [1.165, 1.54) is 18.2 Å². The number of benzene rings is 2. The number of hydrogen-bond donors (Lipinski definition) is 1. The molecule has 2 aromatic carbocycles. The van der Waals surface area contributed by atoms with Gasteiger partial charge >= 0.3 is 0 Å². The molecule has 1 N–H and O–H groups in total. The second kappa shape index (κ2) is 6.13. The van der Waals surface area contributed by atoms with Crippen molar-refractivity contribution in [2.75, 3.05) is 0 Å². The van der Waals surface area contributed by atoms with Crippen LogP contribution in [0.3, 0.4) is 0 Å². The van der Waals surface area contributed by atoms with Crippen LogP contribution in [0.1, 0.15) is 11.1 Å². The van der Waals surface area contributed by atoms with Gasteiger partial charge in [-0.25, -0.2) is 8.78 Å². The lowest BCUT2D eigenvalue weighted by Gasteiger charge is -2.11. The van der Waals surface area contributed by atoms with Gasteiger partial charge in [0, 0.05) is 6.42 Å². The summed E-state index contributed by atoms with van der Waals surface area (Å²) in [5, 5.41) is 9.97. The summed E-state index contributed by atoms with van der Waals surface area (Å²) in [5.41, 5.74) is 1.08. The van der Waals surface area contributed by atoms with Gasteiger partial charge in [-0.1, -0.05) is 35.9 Å². The standard InChI is InChI=1S/C15H13ClF2O/c16-13-6-5-10(8-15(13)18)7-12(19)9-11-3-1-2-4-14(11)17/h1-6,8,12,19H,7,9H2. The first-order valence-electron chi connectivity index (χ1n) is 5.91. The summed E-state index contributed by atoms with van der Waals surface area (Å²) in [6.07, 6.45) is -0.322. The van der Waals surface area contributed by atoms with E-state index in [4.69, 9.17) is 11.6 Å². The van der Waals surface area contributed by atoms with Crippen LogP contribution in [-0.4, -0.2) is 11.2 Å². The minimum absolute atomic E-state index is 0.0485. The van der Waals surface area contributed by atoms with Gasteiger partial charge in [-0.3, -0.25) is 0 Å². The summed E-state index contributed by atoms with van der Waals surface area (Å²) in [5.74, 6) is -0.860. The quantitative estimate of drug-likeness (QED) is 0.905. The van der Waals surface area contributed by atoms with Crippen LogP contribution in [0.5, 0.6) is 0 Å². The van der Waals surface area contributed by atoms with Gasteiger partial charge in [0.05, 0.1) is 11.1 Å². The van der Waals surface area contributed by atoms with Crippen LogP contribution >= 0.6 is 11.6 Å². The average molecular weight is 283 g/mol. The van der Waals surface area contributed by atoms with Crippen molar-refractivity contribution in [1.82, 2.24) is 0 Å². The third-order valence-electron chi connectivity index (χ3n) is 2.87. The Kier molecular flexibility index (Phi) is 4.51. The summed E-state index contributed by atoms with van der Waals surface area (Å²) in [7, 11) is 0. The molecule has 0 bridgehead atoms. The molecule has 19 heavy (non-hydrogen) atoms. The first-order chi connectivity index (χ1) is 9.06. The topological polar surface area (TPSA) is 20.2 Å². The molecule has 0 fully saturated rings. The molecule has 2 rings (SSSR count). The molecule has 0 aliphatic carbocycles. The Bertz CT molecular complexity index is 572. The van der Waals surface area contributed by atoms with Gasteiger partial charge in [0.1, 0.15) is 11.6 Å². The Balaban J connectivity index is 2.03. The van der Waals surface area contributed by atoms with Crippen LogP contribution < -0.4 is 0 Å². The van der Waals surface area contributed by atoms with Gasteiger partial charge in [-0.2, -0.15) is 0 Å². The van der Waals surface area contributed by atoms with E-state index in [1.807, 2.05) is 0 Å². The zero-order valence-electron chi connectivity index (χ0n) is 10.1. The highest BCUT2D eigenvalue weighted by atomic mass is 35.5. The highest BCUT2D eigenvalue weighted by molar-refractivity contribution is 6.30. The maximum Gasteiger partial charge on any atom is 0.142 e. The predicted octanol–water partition coefficient (Wildman–Crippen LogP) is 3.76. The van der Waals surface area contributed by atoms with Crippen molar-refractivity contribution in [1.29, 1.82) is 0 Å². The van der Waals surface area contributed by atoms with Crippen LogP contribution in [0.15, 0.2) is 42.5 Å². The SMILES string of the molecule is OC(Cc1ccc(Cl)c(F)c1)Cc1ccccc1F. The van der Waals surface area contributed by atoms with Crippen LogP contribution in [0, 0.1) is 11.6 Å². The summed E-state index contributed by atoms with van der Waals surface area (Å²) >= 11 is 5.58. The molecular formula is C15H13ClF2O. The molecule has 0 aliphatic heterocycles. The summed E-state index contributed by atoms with van der Waals surface area (Å²) < 4.78 is 26.7. The number of rotatable bonds is 4. The smallest absolute Gasteiger partial charge is 0.142 e. The average Bonchev–Trinajstić information content (AvgIpc) is 2.37. The van der Waals surface area contributed by atoms with Gasteiger partial charge in [-0.05, 0) is 35.7 Å². The van der Waals surface area contributed by atoms with Crippen molar-refractivity contribution in [3.63, 3.8) is 0 Å². The van der Waals surface area contributed by atoms with Crippen molar-refractivity contribution in [2.24, 2.45) is 0 Å². The van der Waals surface area contributed by atoms with Gasteiger partial charge < -0.3 is 5.11 Å². The molecule has 0 radical (unpaired) electrons. The third kappa shape index (κ3) is 3.75. The largest absolute Gasteiger partial charge is 0.392 e. The molecule has 100 valence electrons. The third-order valence-corrected chi connectivity index (χ3v) is 3.18. The predicted molar refractivity (Wildman–Crippen MR) is 71.2 cm³/mol. The first kappa shape index (κ1) is 14.0. The molecule has 2 aromatic rings. The van der Waals surface area contributed by atoms with E-state index >= 15 is 0 Å². The van der Waals surface area contributed by atoms with Gasteiger partial charge in [0.15, 0.2) is 0 Å². The van der Waals surface area contributed by atoms with Crippen molar-refractivity contribution < 1.29 is 13.9 Å². The molecule has 0 heterocycles. The van der Waals surface area contributed by atoms with E-state index in [1.54, 1.807) is 24.3 Å². The summed E-state index contributed by atoms with van der Waals surface area (Å²) in [6, 6.07) is 10.7. The monoisotopic (exact) mass is 282 g/mol. The van der Waals surface area contributed by atoms with Crippen molar-refractivity contribution in [3.8, 4) is 0 Å². The first-order valence-corrected chi connectivity index (χ1v) is 6.29. The van der Waals surface area contributed by atoms with E-state index in [0.29, 0.717) is 11.1 Å². The number of halogens is 3. The van der Waals surface area contributed by atoms with Gasteiger partial charge in [-0.15, -0.1) is 0 Å². The molecule has 0 aromatic heterocycles. The van der Waals surface area contributed by atoms with Crippen molar-refractivity contribution in [2.45, 2.75) is 18.9 Å². The van der Waals surface area contributed by atoms with Crippen LogP contribution in [0.25, 0.3) is 0 Å². The molecule has 1 atom stereocenters.